The molecule has 121 heavy (non-hydrogen) atoms. The first-order valence-electron chi connectivity index (χ1n) is 39.2. The number of nitriles is 4. The summed E-state index contributed by atoms with van der Waals surface area (Å²) in [6, 6.07) is 60.6. The van der Waals surface area contributed by atoms with Gasteiger partial charge in [-0.25, -0.2) is 22.9 Å². The Hall–Kier alpha value is -12.5. The van der Waals surface area contributed by atoms with Crippen LogP contribution in [0.15, 0.2) is 170 Å². The van der Waals surface area contributed by atoms with Crippen molar-refractivity contribution in [2.45, 2.75) is 154 Å². The van der Waals surface area contributed by atoms with Gasteiger partial charge in [0.05, 0.1) is 111 Å². The van der Waals surface area contributed by atoms with Gasteiger partial charge in [0.15, 0.2) is 0 Å². The van der Waals surface area contributed by atoms with Gasteiger partial charge < -0.3 is 62.9 Å². The van der Waals surface area contributed by atoms with Crippen molar-refractivity contribution in [1.29, 1.82) is 21.0 Å². The number of aromatic nitrogens is 4. The second-order valence-corrected chi connectivity index (χ2v) is 31.8. The third kappa shape index (κ3) is 25.5. The minimum atomic E-state index is -4.43. The highest BCUT2D eigenvalue weighted by molar-refractivity contribution is 8.13. The number of hydrogen-bond donors (Lipinski definition) is 4. The number of rotatable bonds is 23. The van der Waals surface area contributed by atoms with Crippen molar-refractivity contribution in [3.8, 4) is 92.3 Å². The van der Waals surface area contributed by atoms with Crippen LogP contribution in [0.5, 0.6) is 23.0 Å². The Bertz CT molecular complexity index is 5830. The maximum atomic E-state index is 13.1. The lowest BCUT2D eigenvalue weighted by Gasteiger charge is -2.19. The first-order chi connectivity index (χ1) is 57.6. The number of nitrogens with one attached hydrogen (secondary N) is 2. The Morgan fingerprint density at radius 1 is 0.446 bits per heavy atom. The zero-order chi connectivity index (χ0) is 89.1. The number of ether oxygens (including phenoxy) is 6. The molecular weight excluding hydrogens is 1610 g/mol. The molecule has 0 saturated carbocycles. The molecule has 0 radical (unpaired) electrons. The van der Waals surface area contributed by atoms with Gasteiger partial charge in [-0.3, -0.25) is 5.32 Å². The molecule has 12 rings (SSSR count). The molecule has 30 heteroatoms. The largest absolute Gasteiger partial charge is 0.494 e. The monoisotopic (exact) mass is 1710 g/mol. The number of alkyl halides is 3. The standard InChI is InChI=1S/C24H27N3O3.C21H23N3O3S.C20H17F3N2O.C19H19N3O.C5H11NO2.C2H5ClO2S/c1-6-27-21-14-17(26-23(28)30-24(3,4)5)10-13-19(21)20(15-25)22(27)16-8-11-18(12-9-16)29-7-2;1-4-24-20-13-16(23-28-27-26-6-3)9-12-18(20)19(14-22)21(24)15-7-10-17(11-8-15)25-5-2;1-3-25-18-11-14(20(21,22)23)7-10-16(18)17(12-24)19(25)13-5-8-15(9-6-13)26-4-2;1-3-22-18-11-14(21)7-10-16(18)17(12-20)19(22)13-5-8-15(9-6-13)23-4-2;1-5(2,3)8-4(6)7;1-2-6(3,4)5/h8-14H,6-7H2,1-5H3,(H,26,28);7-13,23H,4-6H2,1-3H3;5-11H,3-4H2,1-2H3;5-11H,3-4,21H2,1-2H3;1-3H3,(H2,6,7);2H2,1H3. The summed E-state index contributed by atoms with van der Waals surface area (Å²) >= 11 is 1.01. The van der Waals surface area contributed by atoms with Gasteiger partial charge in [-0.1, -0.05) is 13.0 Å². The van der Waals surface area contributed by atoms with Crippen LogP contribution in [0.25, 0.3) is 88.6 Å². The molecule has 0 atom stereocenters. The third-order valence-corrected chi connectivity index (χ3v) is 19.7. The number of fused-ring (bicyclic) bond motifs is 4. The van der Waals surface area contributed by atoms with Gasteiger partial charge in [0.25, 0.3) is 0 Å². The molecule has 0 fully saturated rings. The van der Waals surface area contributed by atoms with Crippen LogP contribution >= 0.6 is 22.9 Å². The molecule has 2 amide bonds. The van der Waals surface area contributed by atoms with Gasteiger partial charge in [-0.05, 0) is 290 Å². The SMILES string of the molecule is CC(C)(C)OC(N)=O.CCOOSNc1ccc2c(C#N)c(-c3ccc(OCC)cc3)n(CC)c2c1.CCOc1ccc(-c2c(C#N)c3ccc(C(F)(F)F)cc3n2CC)cc1.CCOc1ccc(-c2c(C#N)c3ccc(N)cc3n2CC)cc1.CCOc1ccc(-c2c(C#N)c3ccc(NC(=O)OC(C)(C)C)cc3n2CC)cc1.CCS(=O)(=O)Cl. The summed E-state index contributed by atoms with van der Waals surface area (Å²) in [5.74, 6) is 3.16. The number of carbonyl (C=O) groups excluding carboxylic acids is 2. The van der Waals surface area contributed by atoms with E-state index in [0.29, 0.717) is 102 Å². The predicted octanol–water partition coefficient (Wildman–Crippen LogP) is 22.7. The minimum Gasteiger partial charge on any atom is -0.494 e. The van der Waals surface area contributed by atoms with Gasteiger partial charge in [-0.2, -0.15) is 34.2 Å². The van der Waals surface area contributed by atoms with Crippen molar-refractivity contribution in [3.63, 3.8) is 0 Å². The number of nitrogens with two attached hydrogens (primary N) is 2. The Morgan fingerprint density at radius 2 is 0.752 bits per heavy atom. The van der Waals surface area contributed by atoms with Crippen molar-refractivity contribution < 1.29 is 68.8 Å². The number of anilines is 3. The second kappa shape index (κ2) is 44.0. The summed E-state index contributed by atoms with van der Waals surface area (Å²) in [4.78, 5) is 27.0. The molecule has 0 bridgehead atoms. The molecule has 0 aliphatic carbocycles. The molecule has 24 nitrogen and oxygen atoms in total. The molecule has 638 valence electrons. The van der Waals surface area contributed by atoms with Crippen LogP contribution in [-0.4, -0.2) is 88.9 Å². The number of benzene rings is 8. The Morgan fingerprint density at radius 3 is 1.03 bits per heavy atom. The highest BCUT2D eigenvalue weighted by atomic mass is 35.7. The summed E-state index contributed by atoms with van der Waals surface area (Å²) < 4.78 is 107. The molecular formula is C91H102ClF3N12O12S2. The molecule has 8 aromatic carbocycles. The molecule has 4 heterocycles. The van der Waals surface area contributed by atoms with Crippen molar-refractivity contribution >= 4 is 105 Å². The van der Waals surface area contributed by atoms with E-state index in [2.05, 4.69) is 77.3 Å². The van der Waals surface area contributed by atoms with E-state index < -0.39 is 44.2 Å². The van der Waals surface area contributed by atoms with Crippen LogP contribution in [0.4, 0.5) is 39.8 Å². The number of hydrogen-bond acceptors (Lipinski definition) is 19. The van der Waals surface area contributed by atoms with E-state index in [4.69, 9.17) is 44.4 Å². The van der Waals surface area contributed by atoms with Crippen LogP contribution < -0.4 is 40.5 Å². The van der Waals surface area contributed by atoms with E-state index in [1.54, 1.807) is 43.5 Å². The quantitative estimate of drug-likeness (QED) is 0.00879. The Kier molecular flexibility index (Phi) is 34.8. The first kappa shape index (κ1) is 95.7. The second-order valence-electron chi connectivity index (χ2n) is 28.3. The van der Waals surface area contributed by atoms with Crippen LogP contribution in [0.2, 0.25) is 0 Å². The van der Waals surface area contributed by atoms with Gasteiger partial charge >= 0.3 is 18.4 Å². The predicted molar refractivity (Wildman–Crippen MR) is 475 cm³/mol. The van der Waals surface area contributed by atoms with E-state index in [9.17, 15) is 52.2 Å². The fourth-order valence-corrected chi connectivity index (χ4v) is 13.5. The number of halogens is 4. The van der Waals surface area contributed by atoms with Crippen molar-refractivity contribution in [1.82, 2.24) is 18.3 Å². The summed E-state index contributed by atoms with van der Waals surface area (Å²) in [5.41, 5.74) is 23.7. The van der Waals surface area contributed by atoms with Gasteiger partial charge in [-0.15, -0.1) is 4.33 Å². The molecule has 12 aromatic rings. The lowest BCUT2D eigenvalue weighted by atomic mass is 10.0. The number of nitrogen functional groups attached to an aromatic ring is 1. The van der Waals surface area contributed by atoms with Crippen LogP contribution in [0.3, 0.4) is 0 Å². The molecule has 4 aromatic heterocycles. The van der Waals surface area contributed by atoms with Crippen LogP contribution in [0.1, 0.15) is 139 Å². The van der Waals surface area contributed by atoms with Gasteiger partial charge in [0.2, 0.25) is 9.05 Å². The third-order valence-electron chi connectivity index (χ3n) is 17.8. The minimum absolute atomic E-state index is 0.00849. The van der Waals surface area contributed by atoms with Crippen molar-refractivity contribution in [3.05, 3.63) is 198 Å². The molecule has 0 spiro atoms. The molecule has 0 aliphatic rings. The Balaban J connectivity index is 0.000000211. The van der Waals surface area contributed by atoms with Crippen molar-refractivity contribution in [2.24, 2.45) is 5.73 Å². The summed E-state index contributed by atoms with van der Waals surface area (Å²) in [6.07, 6.45) is -5.66. The topological polar surface area (TPSA) is 333 Å². The van der Waals surface area contributed by atoms with E-state index >= 15 is 0 Å². The first-order valence-corrected chi connectivity index (χ1v) is 42.4. The number of nitrogens with zero attached hydrogens (tertiary/aromatic N) is 8. The summed E-state index contributed by atoms with van der Waals surface area (Å²) in [6.45, 7) is 35.4. The number of amides is 2. The summed E-state index contributed by atoms with van der Waals surface area (Å²) in [5, 5.41) is 45.1. The smallest absolute Gasteiger partial charge is 0.416 e. The highest BCUT2D eigenvalue weighted by Gasteiger charge is 2.32. The average molecular weight is 1710 g/mol. The zero-order valence-electron chi connectivity index (χ0n) is 70.7. The average Bonchev–Trinajstić information content (AvgIpc) is 1.62. The normalized spacial score (nSPS) is 11.1. The molecule has 0 saturated heterocycles. The molecule has 0 aliphatic heterocycles. The van der Waals surface area contributed by atoms with E-state index in [1.807, 2.05) is 203 Å². The van der Waals surface area contributed by atoms with Gasteiger partial charge in [0, 0.05) is 75.5 Å². The molecule has 0 unspecified atom stereocenters. The summed E-state index contributed by atoms with van der Waals surface area (Å²) in [7, 11) is 1.50. The van der Waals surface area contributed by atoms with Crippen molar-refractivity contribution in [2.75, 3.05) is 54.6 Å². The van der Waals surface area contributed by atoms with E-state index in [-0.39, 0.29) is 5.75 Å². The number of aryl methyl sites for hydroxylation is 4. The lowest BCUT2D eigenvalue weighted by molar-refractivity contribution is -0.185. The number of primary amides is 1. The van der Waals surface area contributed by atoms with Crippen LogP contribution in [-0.2, 0) is 60.1 Å². The maximum absolute atomic E-state index is 13.1. The maximum Gasteiger partial charge on any atom is 0.416 e. The fraction of sp³-hybridized carbons (Fsp3) is 0.319. The van der Waals surface area contributed by atoms with E-state index in [0.717, 1.165) is 132 Å². The fourth-order valence-electron chi connectivity index (χ4n) is 13.1. The molecule has 6 N–H and O–H groups in total. The Labute approximate surface area is 713 Å². The highest BCUT2D eigenvalue weighted by Crippen LogP contribution is 2.42. The zero-order valence-corrected chi connectivity index (χ0v) is 73.1. The van der Waals surface area contributed by atoms with E-state index in [1.165, 1.54) is 13.0 Å². The van der Waals surface area contributed by atoms with Gasteiger partial charge in [0.1, 0.15) is 70.7 Å². The lowest BCUT2D eigenvalue weighted by Crippen LogP contribution is -2.27. The van der Waals surface area contributed by atoms with Crippen LogP contribution in [0, 0.1) is 45.3 Å². The number of carbonyl (C=O) groups is 2.